The van der Waals surface area contributed by atoms with E-state index >= 15 is 0 Å². The molecule has 122 valence electrons. The first-order valence-corrected chi connectivity index (χ1v) is 8.93. The fraction of sp³-hybridized carbons (Fsp3) is 0.278. The van der Waals surface area contributed by atoms with Crippen molar-refractivity contribution in [2.75, 3.05) is 19.0 Å². The summed E-state index contributed by atoms with van der Waals surface area (Å²) in [6.07, 6.45) is 1.65. The van der Waals surface area contributed by atoms with Gasteiger partial charge in [-0.05, 0) is 49.2 Å². The molecule has 0 radical (unpaired) electrons. The minimum Gasteiger partial charge on any atom is -0.399 e. The molecule has 2 aromatic carbocycles. The molecular weight excluding hydrogens is 308 g/mol. The molecule has 0 spiro atoms. The molecule has 0 bridgehead atoms. The summed E-state index contributed by atoms with van der Waals surface area (Å²) < 4.78 is 11.5. The summed E-state index contributed by atoms with van der Waals surface area (Å²) in [5, 5.41) is 0. The highest BCUT2D eigenvalue weighted by Gasteiger charge is 2.20. The predicted octanol–water partition coefficient (Wildman–Crippen LogP) is 3.15. The lowest BCUT2D eigenvalue weighted by Crippen LogP contribution is -2.30. The van der Waals surface area contributed by atoms with Crippen LogP contribution in [0.15, 0.2) is 47.4 Å². The number of carbonyl (C=O) groups is 1. The molecule has 0 aliphatic carbocycles. The van der Waals surface area contributed by atoms with Gasteiger partial charge in [0.2, 0.25) is 0 Å². The molecule has 0 saturated carbocycles. The second-order valence-corrected chi connectivity index (χ2v) is 7.07. The van der Waals surface area contributed by atoms with Crippen LogP contribution in [0.3, 0.4) is 0 Å². The normalized spacial score (nSPS) is 13.4. The van der Waals surface area contributed by atoms with Gasteiger partial charge in [-0.15, -0.1) is 0 Å². The van der Waals surface area contributed by atoms with Crippen LogP contribution in [0.25, 0.3) is 0 Å². The Hall–Kier alpha value is -2.14. The summed E-state index contributed by atoms with van der Waals surface area (Å²) in [5.41, 5.74) is 8.89. The Morgan fingerprint density at radius 1 is 1.17 bits per heavy atom. The lowest BCUT2D eigenvalue weighted by molar-refractivity contribution is 0.0742. The Morgan fingerprint density at radius 3 is 2.35 bits per heavy atom. The van der Waals surface area contributed by atoms with Crippen molar-refractivity contribution < 1.29 is 9.00 Å². The van der Waals surface area contributed by atoms with Crippen molar-refractivity contribution in [3.05, 3.63) is 59.2 Å². The highest BCUT2D eigenvalue weighted by Crippen LogP contribution is 2.23. The second kappa shape index (κ2) is 6.96. The molecule has 0 aromatic heterocycles. The molecule has 4 nitrogen and oxygen atoms in total. The number of hydrogen-bond donors (Lipinski definition) is 1. The van der Waals surface area contributed by atoms with Gasteiger partial charge in [0, 0.05) is 40.2 Å². The van der Waals surface area contributed by atoms with E-state index in [9.17, 15) is 9.00 Å². The smallest absolute Gasteiger partial charge is 0.254 e. The fourth-order valence-corrected chi connectivity index (χ4v) is 2.92. The molecule has 2 atom stereocenters. The van der Waals surface area contributed by atoms with Gasteiger partial charge in [-0.3, -0.25) is 9.00 Å². The van der Waals surface area contributed by atoms with Crippen LogP contribution < -0.4 is 5.73 Å². The van der Waals surface area contributed by atoms with Crippen molar-refractivity contribution in [3.63, 3.8) is 0 Å². The van der Waals surface area contributed by atoms with Gasteiger partial charge in [0.25, 0.3) is 5.91 Å². The molecule has 0 saturated heterocycles. The van der Waals surface area contributed by atoms with E-state index in [0.29, 0.717) is 11.3 Å². The summed E-state index contributed by atoms with van der Waals surface area (Å²) in [6, 6.07) is 12.8. The maximum atomic E-state index is 12.7. The zero-order valence-corrected chi connectivity index (χ0v) is 14.7. The number of aryl methyl sites for hydroxylation is 1. The molecule has 0 aliphatic heterocycles. The molecule has 0 fully saturated rings. The summed E-state index contributed by atoms with van der Waals surface area (Å²) in [4.78, 5) is 15.2. The first-order valence-electron chi connectivity index (χ1n) is 7.38. The summed E-state index contributed by atoms with van der Waals surface area (Å²) in [7, 11) is 0.779. The first-order chi connectivity index (χ1) is 10.8. The van der Waals surface area contributed by atoms with Gasteiger partial charge in [0.1, 0.15) is 0 Å². The Bertz CT molecular complexity index is 741. The van der Waals surface area contributed by atoms with Gasteiger partial charge in [0.15, 0.2) is 0 Å². The zero-order chi connectivity index (χ0) is 17.1. The van der Waals surface area contributed by atoms with Gasteiger partial charge in [-0.25, -0.2) is 0 Å². The van der Waals surface area contributed by atoms with E-state index in [2.05, 4.69) is 0 Å². The van der Waals surface area contributed by atoms with Crippen LogP contribution in [-0.4, -0.2) is 28.3 Å². The minimum absolute atomic E-state index is 0.0644. The van der Waals surface area contributed by atoms with Crippen LogP contribution in [0, 0.1) is 6.92 Å². The number of anilines is 1. The van der Waals surface area contributed by atoms with Crippen LogP contribution >= 0.6 is 0 Å². The van der Waals surface area contributed by atoms with Crippen molar-refractivity contribution in [2.24, 2.45) is 0 Å². The third kappa shape index (κ3) is 3.79. The molecule has 23 heavy (non-hydrogen) atoms. The van der Waals surface area contributed by atoms with E-state index in [1.165, 1.54) is 0 Å². The Labute approximate surface area is 139 Å². The monoisotopic (exact) mass is 330 g/mol. The molecule has 0 heterocycles. The van der Waals surface area contributed by atoms with Crippen LogP contribution in [0.1, 0.15) is 34.5 Å². The largest absolute Gasteiger partial charge is 0.399 e. The van der Waals surface area contributed by atoms with Crippen LogP contribution in [-0.2, 0) is 10.8 Å². The van der Waals surface area contributed by atoms with Crippen molar-refractivity contribution in [1.29, 1.82) is 0 Å². The van der Waals surface area contributed by atoms with Crippen molar-refractivity contribution in [3.8, 4) is 0 Å². The SMILES string of the molecule is Cc1ccc(N)cc1C(=O)N(C)C(C)c1ccc(S(C)=O)cc1. The standard InChI is InChI=1S/C18H22N2O2S/c1-12-5-8-15(19)11-17(12)18(21)20(3)13(2)14-6-9-16(10-7-14)23(4)22/h5-11,13H,19H2,1-4H3. The molecule has 2 aromatic rings. The molecule has 0 aliphatic rings. The summed E-state index contributed by atoms with van der Waals surface area (Å²) >= 11 is 0. The number of nitrogens with zero attached hydrogens (tertiary/aromatic N) is 1. The topological polar surface area (TPSA) is 63.4 Å². The van der Waals surface area contributed by atoms with Gasteiger partial charge in [0.05, 0.1) is 6.04 Å². The van der Waals surface area contributed by atoms with Crippen molar-refractivity contribution >= 4 is 22.4 Å². The number of amides is 1. The molecule has 1 amide bonds. The number of nitrogen functional groups attached to an aromatic ring is 1. The number of rotatable bonds is 4. The van der Waals surface area contributed by atoms with E-state index in [1.807, 2.05) is 44.2 Å². The van der Waals surface area contributed by atoms with Crippen molar-refractivity contribution in [1.82, 2.24) is 4.90 Å². The Kier molecular flexibility index (Phi) is 5.21. The number of hydrogen-bond acceptors (Lipinski definition) is 3. The third-order valence-corrected chi connectivity index (χ3v) is 5.02. The van der Waals surface area contributed by atoms with E-state index in [1.54, 1.807) is 30.3 Å². The summed E-state index contributed by atoms with van der Waals surface area (Å²) in [5.74, 6) is -0.0644. The predicted molar refractivity (Wildman–Crippen MR) is 94.9 cm³/mol. The summed E-state index contributed by atoms with van der Waals surface area (Å²) in [6.45, 7) is 3.87. The number of nitrogens with two attached hydrogens (primary N) is 1. The quantitative estimate of drug-likeness (QED) is 0.876. The van der Waals surface area contributed by atoms with Crippen molar-refractivity contribution in [2.45, 2.75) is 24.8 Å². The van der Waals surface area contributed by atoms with Gasteiger partial charge >= 0.3 is 0 Å². The van der Waals surface area contributed by atoms with Crippen LogP contribution in [0.4, 0.5) is 5.69 Å². The van der Waals surface area contributed by atoms with E-state index in [4.69, 9.17) is 5.73 Å². The lowest BCUT2D eigenvalue weighted by atomic mass is 10.0. The second-order valence-electron chi connectivity index (χ2n) is 5.69. The number of benzene rings is 2. The van der Waals surface area contributed by atoms with Gasteiger partial charge < -0.3 is 10.6 Å². The maximum absolute atomic E-state index is 12.7. The van der Waals surface area contributed by atoms with E-state index in [0.717, 1.165) is 16.0 Å². The number of carbonyl (C=O) groups excluding carboxylic acids is 1. The van der Waals surface area contributed by atoms with Gasteiger partial charge in [-0.1, -0.05) is 18.2 Å². The lowest BCUT2D eigenvalue weighted by Gasteiger charge is -2.26. The fourth-order valence-electron chi connectivity index (χ4n) is 2.40. The molecule has 2 N–H and O–H groups in total. The Morgan fingerprint density at radius 2 is 1.78 bits per heavy atom. The van der Waals surface area contributed by atoms with Gasteiger partial charge in [-0.2, -0.15) is 0 Å². The maximum Gasteiger partial charge on any atom is 0.254 e. The average Bonchev–Trinajstić information content (AvgIpc) is 2.55. The third-order valence-electron chi connectivity index (χ3n) is 4.09. The molecule has 5 heteroatoms. The van der Waals surface area contributed by atoms with Crippen LogP contribution in [0.5, 0.6) is 0 Å². The molecule has 2 unspecified atom stereocenters. The minimum atomic E-state index is -1.000. The Balaban J connectivity index is 2.24. The first kappa shape index (κ1) is 17.2. The van der Waals surface area contributed by atoms with Crippen LogP contribution in [0.2, 0.25) is 0 Å². The average molecular weight is 330 g/mol. The van der Waals surface area contributed by atoms with E-state index < -0.39 is 10.8 Å². The zero-order valence-electron chi connectivity index (χ0n) is 13.9. The highest BCUT2D eigenvalue weighted by molar-refractivity contribution is 7.84. The highest BCUT2D eigenvalue weighted by atomic mass is 32.2. The van der Waals surface area contributed by atoms with E-state index in [-0.39, 0.29) is 11.9 Å². The molecule has 2 rings (SSSR count). The molecular formula is C18H22N2O2S.